The fourth-order valence-corrected chi connectivity index (χ4v) is 2.34. The molecule has 118 valence electrons. The summed E-state index contributed by atoms with van der Waals surface area (Å²) in [6.45, 7) is 2.54. The third-order valence-corrected chi connectivity index (χ3v) is 3.62. The van der Waals surface area contributed by atoms with Crippen LogP contribution in [0.25, 0.3) is 0 Å². The smallest absolute Gasteiger partial charge is 0.191 e. The second-order valence-electron chi connectivity index (χ2n) is 4.89. The molecular formula is C15H23ClIN3O. The lowest BCUT2D eigenvalue weighted by atomic mass is 10.1. The zero-order valence-corrected chi connectivity index (χ0v) is 15.4. The summed E-state index contributed by atoms with van der Waals surface area (Å²) >= 11 is 5.87. The van der Waals surface area contributed by atoms with Crippen LogP contribution in [0.2, 0.25) is 5.02 Å². The lowest BCUT2D eigenvalue weighted by Crippen LogP contribution is -2.41. The van der Waals surface area contributed by atoms with Gasteiger partial charge in [0, 0.05) is 31.8 Å². The Hall–Kier alpha value is -0.530. The van der Waals surface area contributed by atoms with E-state index in [-0.39, 0.29) is 24.0 Å². The van der Waals surface area contributed by atoms with Crippen molar-refractivity contribution in [3.05, 3.63) is 34.9 Å². The summed E-state index contributed by atoms with van der Waals surface area (Å²) in [5.74, 6) is 0.828. The minimum absolute atomic E-state index is 0. The molecule has 1 aromatic rings. The molecule has 1 saturated heterocycles. The topological polar surface area (TPSA) is 45.7 Å². The Morgan fingerprint density at radius 3 is 2.71 bits per heavy atom. The van der Waals surface area contributed by atoms with E-state index in [1.54, 1.807) is 7.05 Å². The Morgan fingerprint density at radius 1 is 1.33 bits per heavy atom. The van der Waals surface area contributed by atoms with E-state index in [0.29, 0.717) is 6.10 Å². The maximum absolute atomic E-state index is 5.87. The van der Waals surface area contributed by atoms with Gasteiger partial charge in [-0.05, 0) is 37.0 Å². The van der Waals surface area contributed by atoms with Gasteiger partial charge in [-0.25, -0.2) is 0 Å². The third kappa shape index (κ3) is 6.84. The molecule has 1 heterocycles. The molecule has 1 atom stereocenters. The van der Waals surface area contributed by atoms with Crippen LogP contribution in [0.4, 0.5) is 0 Å². The number of aliphatic imine (C=N–C) groups is 1. The van der Waals surface area contributed by atoms with Gasteiger partial charge >= 0.3 is 0 Å². The maximum atomic E-state index is 5.87. The predicted molar refractivity (Wildman–Crippen MR) is 98.9 cm³/mol. The second kappa shape index (κ2) is 10.2. The molecule has 1 aromatic carbocycles. The average Bonchev–Trinajstić information content (AvgIpc) is 2.98. The zero-order chi connectivity index (χ0) is 14.2. The van der Waals surface area contributed by atoms with Crippen molar-refractivity contribution in [1.82, 2.24) is 10.6 Å². The van der Waals surface area contributed by atoms with Crippen molar-refractivity contribution < 1.29 is 4.74 Å². The molecule has 2 rings (SSSR count). The molecule has 0 aromatic heterocycles. The van der Waals surface area contributed by atoms with Crippen molar-refractivity contribution in [2.24, 2.45) is 4.99 Å². The fourth-order valence-electron chi connectivity index (χ4n) is 2.21. The van der Waals surface area contributed by atoms with Gasteiger partial charge in [0.05, 0.1) is 6.10 Å². The Bertz CT molecular complexity index is 433. The highest BCUT2D eigenvalue weighted by molar-refractivity contribution is 14.0. The monoisotopic (exact) mass is 423 g/mol. The first-order chi connectivity index (χ1) is 9.78. The van der Waals surface area contributed by atoms with Crippen molar-refractivity contribution in [2.45, 2.75) is 25.4 Å². The van der Waals surface area contributed by atoms with Gasteiger partial charge in [0.2, 0.25) is 0 Å². The number of hydrogen-bond donors (Lipinski definition) is 2. The van der Waals surface area contributed by atoms with E-state index in [1.165, 1.54) is 5.56 Å². The van der Waals surface area contributed by atoms with Gasteiger partial charge in [0.25, 0.3) is 0 Å². The standard InChI is InChI=1S/C15H22ClN3O.HI/c1-17-15(19-11-14-3-2-10-20-14)18-9-8-12-4-6-13(16)7-5-12;/h4-7,14H,2-3,8-11H2,1H3,(H2,17,18,19);1H. The Kier molecular flexibility index (Phi) is 9.03. The number of halogens is 2. The molecule has 1 aliphatic heterocycles. The van der Waals surface area contributed by atoms with E-state index in [9.17, 15) is 0 Å². The molecular weight excluding hydrogens is 401 g/mol. The summed E-state index contributed by atoms with van der Waals surface area (Å²) in [5, 5.41) is 7.38. The lowest BCUT2D eigenvalue weighted by Gasteiger charge is -2.15. The summed E-state index contributed by atoms with van der Waals surface area (Å²) in [6.07, 6.45) is 3.56. The molecule has 0 radical (unpaired) electrons. The van der Waals surface area contributed by atoms with Gasteiger partial charge < -0.3 is 15.4 Å². The normalized spacial score (nSPS) is 18.2. The molecule has 21 heavy (non-hydrogen) atoms. The molecule has 1 fully saturated rings. The maximum Gasteiger partial charge on any atom is 0.191 e. The molecule has 6 heteroatoms. The van der Waals surface area contributed by atoms with Crippen LogP contribution in [0.3, 0.4) is 0 Å². The summed E-state index contributed by atoms with van der Waals surface area (Å²) in [5.41, 5.74) is 1.26. The minimum Gasteiger partial charge on any atom is -0.376 e. The van der Waals surface area contributed by atoms with Crippen LogP contribution in [0.1, 0.15) is 18.4 Å². The Labute approximate surface area is 148 Å². The summed E-state index contributed by atoms with van der Waals surface area (Å²) < 4.78 is 5.58. The highest BCUT2D eigenvalue weighted by Crippen LogP contribution is 2.10. The van der Waals surface area contributed by atoms with Gasteiger partial charge in [-0.15, -0.1) is 24.0 Å². The highest BCUT2D eigenvalue weighted by Gasteiger charge is 2.15. The first-order valence-corrected chi connectivity index (χ1v) is 7.46. The van der Waals surface area contributed by atoms with E-state index < -0.39 is 0 Å². The number of ether oxygens (including phenoxy) is 1. The van der Waals surface area contributed by atoms with Crippen LogP contribution < -0.4 is 10.6 Å². The number of benzene rings is 1. The quantitative estimate of drug-likeness (QED) is 0.435. The van der Waals surface area contributed by atoms with Gasteiger partial charge in [0.1, 0.15) is 0 Å². The van der Waals surface area contributed by atoms with Gasteiger partial charge in [-0.2, -0.15) is 0 Å². The summed E-state index contributed by atoms with van der Waals surface area (Å²) in [6, 6.07) is 7.93. The van der Waals surface area contributed by atoms with E-state index in [1.807, 2.05) is 24.3 Å². The number of nitrogens with zero attached hydrogens (tertiary/aromatic N) is 1. The zero-order valence-electron chi connectivity index (χ0n) is 12.3. The van der Waals surface area contributed by atoms with E-state index in [4.69, 9.17) is 16.3 Å². The van der Waals surface area contributed by atoms with Crippen LogP contribution in [0.15, 0.2) is 29.3 Å². The molecule has 0 amide bonds. The fraction of sp³-hybridized carbons (Fsp3) is 0.533. The van der Waals surface area contributed by atoms with Crippen LogP contribution in [0.5, 0.6) is 0 Å². The third-order valence-electron chi connectivity index (χ3n) is 3.36. The predicted octanol–water partition coefficient (Wildman–Crippen LogP) is 2.84. The van der Waals surface area contributed by atoms with E-state index in [2.05, 4.69) is 15.6 Å². The van der Waals surface area contributed by atoms with Gasteiger partial charge in [-0.1, -0.05) is 23.7 Å². The number of rotatable bonds is 5. The second-order valence-corrected chi connectivity index (χ2v) is 5.33. The van der Waals surface area contributed by atoms with Crippen LogP contribution in [-0.2, 0) is 11.2 Å². The van der Waals surface area contributed by atoms with Gasteiger partial charge in [-0.3, -0.25) is 4.99 Å². The molecule has 0 spiro atoms. The lowest BCUT2D eigenvalue weighted by molar-refractivity contribution is 0.114. The van der Waals surface area contributed by atoms with E-state index >= 15 is 0 Å². The first kappa shape index (κ1) is 18.5. The number of nitrogens with one attached hydrogen (secondary N) is 2. The van der Waals surface area contributed by atoms with Crippen LogP contribution in [-0.4, -0.2) is 38.8 Å². The average molecular weight is 424 g/mol. The van der Waals surface area contributed by atoms with Crippen molar-refractivity contribution in [1.29, 1.82) is 0 Å². The van der Waals surface area contributed by atoms with Crippen LogP contribution in [0, 0.1) is 0 Å². The SMILES string of the molecule is CN=C(NCCc1ccc(Cl)cc1)NCC1CCCO1.I. The van der Waals surface area contributed by atoms with Crippen molar-refractivity contribution in [2.75, 3.05) is 26.7 Å². The molecule has 0 aliphatic carbocycles. The molecule has 1 aliphatic rings. The summed E-state index contributed by atoms with van der Waals surface area (Å²) in [7, 11) is 1.78. The molecule has 0 bridgehead atoms. The molecule has 4 nitrogen and oxygen atoms in total. The van der Waals surface area contributed by atoms with Crippen molar-refractivity contribution in [3.8, 4) is 0 Å². The molecule has 0 saturated carbocycles. The number of guanidine groups is 1. The Balaban J connectivity index is 0.00000220. The Morgan fingerprint density at radius 2 is 2.10 bits per heavy atom. The first-order valence-electron chi connectivity index (χ1n) is 7.08. The van der Waals surface area contributed by atoms with Crippen molar-refractivity contribution >= 4 is 41.5 Å². The minimum atomic E-state index is 0. The molecule has 1 unspecified atom stereocenters. The summed E-state index contributed by atoms with van der Waals surface area (Å²) in [4.78, 5) is 4.21. The number of hydrogen-bond acceptors (Lipinski definition) is 2. The molecule has 2 N–H and O–H groups in total. The van der Waals surface area contributed by atoms with E-state index in [0.717, 1.165) is 49.9 Å². The largest absolute Gasteiger partial charge is 0.376 e. The van der Waals surface area contributed by atoms with Crippen LogP contribution >= 0.6 is 35.6 Å². The van der Waals surface area contributed by atoms with Crippen molar-refractivity contribution in [3.63, 3.8) is 0 Å². The van der Waals surface area contributed by atoms with Gasteiger partial charge in [0.15, 0.2) is 5.96 Å². The highest BCUT2D eigenvalue weighted by atomic mass is 127.